The highest BCUT2D eigenvalue weighted by Crippen LogP contribution is 2.39. The number of thioether (sulfide) groups is 1. The molecule has 2 aromatic rings. The van der Waals surface area contributed by atoms with Gasteiger partial charge in [-0.25, -0.2) is 4.68 Å². The quantitative estimate of drug-likeness (QED) is 0.619. The second-order valence-corrected chi connectivity index (χ2v) is 7.94. The molecular weight excluding hydrogens is 372 g/mol. The average molecular weight is 393 g/mol. The van der Waals surface area contributed by atoms with Crippen molar-refractivity contribution in [2.45, 2.75) is 23.9 Å². The Kier molecular flexibility index (Phi) is 4.95. The summed E-state index contributed by atoms with van der Waals surface area (Å²) in [6.07, 6.45) is 2.24. The highest BCUT2D eigenvalue weighted by atomic mass is 35.5. The zero-order valence-corrected chi connectivity index (χ0v) is 15.9. The molecule has 0 unspecified atom stereocenters. The first kappa shape index (κ1) is 17.5. The minimum absolute atomic E-state index is 0.102. The van der Waals surface area contributed by atoms with Crippen LogP contribution in [0.5, 0.6) is 0 Å². The molecular formula is C17H21ClN6OS. The van der Waals surface area contributed by atoms with E-state index in [9.17, 15) is 4.79 Å². The van der Waals surface area contributed by atoms with Crippen LogP contribution in [0.2, 0.25) is 5.02 Å². The smallest absolute Gasteiger partial charge is 0.233 e. The number of para-hydroxylation sites is 1. The number of nitrogen functional groups attached to an aromatic ring is 1. The summed E-state index contributed by atoms with van der Waals surface area (Å²) in [5.41, 5.74) is 1.03. The Bertz CT molecular complexity index is 800. The minimum atomic E-state index is 0.102. The van der Waals surface area contributed by atoms with E-state index in [4.69, 9.17) is 17.4 Å². The summed E-state index contributed by atoms with van der Waals surface area (Å²) < 4.78 is 1.53. The summed E-state index contributed by atoms with van der Waals surface area (Å²) >= 11 is 7.62. The fraction of sp³-hybridized carbons (Fsp3) is 0.471. The molecule has 26 heavy (non-hydrogen) atoms. The third kappa shape index (κ3) is 3.61. The van der Waals surface area contributed by atoms with Crippen LogP contribution in [-0.2, 0) is 4.79 Å². The maximum Gasteiger partial charge on any atom is 0.233 e. The SMILES string of the molecule is Nn1c(SCC(=O)N2CCN(c3ccccc3Cl)CC2)nnc1C1CC1. The molecule has 1 saturated carbocycles. The predicted octanol–water partition coefficient (Wildman–Crippen LogP) is 1.96. The number of carbonyl (C=O) groups excluding carboxylic acids is 1. The van der Waals surface area contributed by atoms with Gasteiger partial charge < -0.3 is 15.6 Å². The van der Waals surface area contributed by atoms with Crippen molar-refractivity contribution in [1.82, 2.24) is 19.8 Å². The number of nitrogens with zero attached hydrogens (tertiary/aromatic N) is 5. The third-order valence-electron chi connectivity index (χ3n) is 4.78. The Morgan fingerprint density at radius 2 is 1.92 bits per heavy atom. The van der Waals surface area contributed by atoms with Gasteiger partial charge in [0.05, 0.1) is 16.5 Å². The molecule has 0 spiro atoms. The lowest BCUT2D eigenvalue weighted by atomic mass is 10.2. The van der Waals surface area contributed by atoms with E-state index in [1.807, 2.05) is 29.2 Å². The number of rotatable bonds is 5. The van der Waals surface area contributed by atoms with Gasteiger partial charge in [-0.1, -0.05) is 35.5 Å². The topological polar surface area (TPSA) is 80.3 Å². The second kappa shape index (κ2) is 7.36. The number of piperazine rings is 1. The van der Waals surface area contributed by atoms with Crippen LogP contribution in [0.1, 0.15) is 24.6 Å². The Morgan fingerprint density at radius 1 is 1.19 bits per heavy atom. The van der Waals surface area contributed by atoms with Crippen molar-refractivity contribution in [3.05, 3.63) is 35.1 Å². The summed E-state index contributed by atoms with van der Waals surface area (Å²) in [6, 6.07) is 7.81. The van der Waals surface area contributed by atoms with Gasteiger partial charge in [0.1, 0.15) is 0 Å². The average Bonchev–Trinajstić information content (AvgIpc) is 3.44. The molecule has 138 valence electrons. The van der Waals surface area contributed by atoms with Gasteiger partial charge in [0.25, 0.3) is 0 Å². The molecule has 1 amide bonds. The standard InChI is InChI=1S/C17H21ClN6OS/c18-13-3-1-2-4-14(13)22-7-9-23(10-8-22)15(25)11-26-17-21-20-16(24(17)19)12-5-6-12/h1-4,12H,5-11,19H2. The van der Waals surface area contributed by atoms with Gasteiger partial charge in [0.15, 0.2) is 5.82 Å². The number of carbonyl (C=O) groups is 1. The summed E-state index contributed by atoms with van der Waals surface area (Å²) in [4.78, 5) is 16.6. The number of nitrogens with two attached hydrogens (primary N) is 1. The molecule has 1 aromatic heterocycles. The molecule has 2 aliphatic rings. The highest BCUT2D eigenvalue weighted by molar-refractivity contribution is 7.99. The van der Waals surface area contributed by atoms with Gasteiger partial charge in [-0.05, 0) is 25.0 Å². The van der Waals surface area contributed by atoms with Crippen LogP contribution in [0.15, 0.2) is 29.4 Å². The van der Waals surface area contributed by atoms with E-state index in [1.54, 1.807) is 0 Å². The fourth-order valence-corrected chi connectivity index (χ4v) is 4.15. The molecule has 1 saturated heterocycles. The number of halogens is 1. The van der Waals surface area contributed by atoms with Crippen LogP contribution in [-0.4, -0.2) is 57.6 Å². The maximum absolute atomic E-state index is 12.5. The van der Waals surface area contributed by atoms with Crippen molar-refractivity contribution in [3.63, 3.8) is 0 Å². The van der Waals surface area contributed by atoms with Crippen LogP contribution in [0.25, 0.3) is 0 Å². The van der Waals surface area contributed by atoms with Gasteiger partial charge in [0.2, 0.25) is 11.1 Å². The number of hydrogen-bond donors (Lipinski definition) is 1. The van der Waals surface area contributed by atoms with Gasteiger partial charge in [-0.3, -0.25) is 4.79 Å². The normalized spacial score (nSPS) is 17.6. The number of benzene rings is 1. The number of aromatic nitrogens is 3. The van der Waals surface area contributed by atoms with Crippen molar-refractivity contribution >= 4 is 35.0 Å². The Balaban J connectivity index is 1.29. The lowest BCUT2D eigenvalue weighted by Crippen LogP contribution is -2.49. The molecule has 2 heterocycles. The van der Waals surface area contributed by atoms with Crippen LogP contribution in [0.4, 0.5) is 5.69 Å². The molecule has 7 nitrogen and oxygen atoms in total. The lowest BCUT2D eigenvalue weighted by Gasteiger charge is -2.36. The Hall–Kier alpha value is -1.93. The van der Waals surface area contributed by atoms with Crippen molar-refractivity contribution in [2.24, 2.45) is 0 Å². The Morgan fingerprint density at radius 3 is 2.62 bits per heavy atom. The van der Waals surface area contributed by atoms with E-state index < -0.39 is 0 Å². The second-order valence-electron chi connectivity index (χ2n) is 6.59. The first-order valence-corrected chi connectivity index (χ1v) is 10.1. The monoisotopic (exact) mass is 392 g/mol. The van der Waals surface area contributed by atoms with Crippen LogP contribution in [0, 0.1) is 0 Å². The van der Waals surface area contributed by atoms with Crippen molar-refractivity contribution < 1.29 is 4.79 Å². The van der Waals surface area contributed by atoms with Crippen molar-refractivity contribution in [1.29, 1.82) is 0 Å². The summed E-state index contributed by atoms with van der Waals surface area (Å²) in [5.74, 6) is 7.73. The number of amides is 1. The van der Waals surface area contributed by atoms with Gasteiger partial charge in [-0.15, -0.1) is 10.2 Å². The first-order valence-electron chi connectivity index (χ1n) is 8.74. The van der Waals surface area contributed by atoms with Gasteiger partial charge in [-0.2, -0.15) is 0 Å². The molecule has 0 bridgehead atoms. The summed E-state index contributed by atoms with van der Waals surface area (Å²) in [5, 5.41) is 9.61. The van der Waals surface area contributed by atoms with E-state index in [0.717, 1.165) is 42.5 Å². The molecule has 0 atom stereocenters. The van der Waals surface area contributed by atoms with Crippen molar-refractivity contribution in [3.8, 4) is 0 Å². The minimum Gasteiger partial charge on any atom is -0.367 e. The molecule has 1 aliphatic carbocycles. The van der Waals surface area contributed by atoms with E-state index in [2.05, 4.69) is 15.1 Å². The predicted molar refractivity (Wildman–Crippen MR) is 103 cm³/mol. The Labute approximate surface area is 161 Å². The van der Waals surface area contributed by atoms with E-state index >= 15 is 0 Å². The zero-order valence-electron chi connectivity index (χ0n) is 14.3. The highest BCUT2D eigenvalue weighted by Gasteiger charge is 2.30. The fourth-order valence-electron chi connectivity index (χ4n) is 3.13. The van der Waals surface area contributed by atoms with E-state index in [0.29, 0.717) is 29.9 Å². The van der Waals surface area contributed by atoms with E-state index in [-0.39, 0.29) is 5.91 Å². The molecule has 9 heteroatoms. The molecule has 2 fully saturated rings. The lowest BCUT2D eigenvalue weighted by molar-refractivity contribution is -0.128. The van der Waals surface area contributed by atoms with Crippen LogP contribution < -0.4 is 10.7 Å². The molecule has 2 N–H and O–H groups in total. The molecule has 0 radical (unpaired) electrons. The zero-order chi connectivity index (χ0) is 18.1. The number of hydrogen-bond acceptors (Lipinski definition) is 6. The first-order chi connectivity index (χ1) is 12.6. The summed E-state index contributed by atoms with van der Waals surface area (Å²) in [7, 11) is 0. The van der Waals surface area contributed by atoms with Crippen LogP contribution in [0.3, 0.4) is 0 Å². The third-order valence-corrected chi connectivity index (χ3v) is 6.03. The largest absolute Gasteiger partial charge is 0.367 e. The molecule has 4 rings (SSSR count). The van der Waals surface area contributed by atoms with E-state index in [1.165, 1.54) is 16.4 Å². The van der Waals surface area contributed by atoms with Gasteiger partial charge in [0, 0.05) is 32.1 Å². The van der Waals surface area contributed by atoms with Crippen LogP contribution >= 0.6 is 23.4 Å². The van der Waals surface area contributed by atoms with Crippen molar-refractivity contribution in [2.75, 3.05) is 42.7 Å². The summed E-state index contributed by atoms with van der Waals surface area (Å²) in [6.45, 7) is 2.93. The number of anilines is 1. The molecule has 1 aromatic carbocycles. The van der Waals surface area contributed by atoms with Gasteiger partial charge >= 0.3 is 0 Å². The maximum atomic E-state index is 12.5. The molecule has 1 aliphatic heterocycles.